The first-order valence-electron chi connectivity index (χ1n) is 7.73. The highest BCUT2D eigenvalue weighted by molar-refractivity contribution is 6.30. The van der Waals surface area contributed by atoms with E-state index in [0.717, 1.165) is 11.6 Å². The molecule has 2 rings (SSSR count). The number of hydrogen-bond donors (Lipinski definition) is 3. The molecule has 0 heterocycles. The Hall–Kier alpha value is -2.15. The standard InChI is InChI=1S/C18H19ClFNO4/c19-14-7-6-13(10-15(14)20)17(23)16(22)8-9-21-18(24)25-11-12-4-2-1-3-5-12/h1-7,10,16-17,22-23H,8-9,11H2,(H,21,24). The van der Waals surface area contributed by atoms with E-state index in [1.54, 1.807) is 0 Å². The highest BCUT2D eigenvalue weighted by Gasteiger charge is 2.19. The first kappa shape index (κ1) is 19.2. The van der Waals surface area contributed by atoms with Gasteiger partial charge in [0.05, 0.1) is 11.1 Å². The Bertz CT molecular complexity index is 699. The second-order valence-electron chi connectivity index (χ2n) is 5.46. The van der Waals surface area contributed by atoms with Gasteiger partial charge in [-0.3, -0.25) is 0 Å². The maximum absolute atomic E-state index is 13.4. The molecule has 134 valence electrons. The van der Waals surface area contributed by atoms with Crippen LogP contribution in [0.25, 0.3) is 0 Å². The average molecular weight is 368 g/mol. The molecule has 0 aliphatic rings. The summed E-state index contributed by atoms with van der Waals surface area (Å²) in [6, 6.07) is 13.0. The van der Waals surface area contributed by atoms with Crippen LogP contribution in [0.2, 0.25) is 5.02 Å². The summed E-state index contributed by atoms with van der Waals surface area (Å²) in [6.45, 7) is 0.240. The van der Waals surface area contributed by atoms with Crippen LogP contribution in [0.15, 0.2) is 48.5 Å². The largest absolute Gasteiger partial charge is 0.445 e. The van der Waals surface area contributed by atoms with Crippen LogP contribution in [0.4, 0.5) is 9.18 Å². The second kappa shape index (κ2) is 9.36. The van der Waals surface area contributed by atoms with E-state index in [4.69, 9.17) is 16.3 Å². The van der Waals surface area contributed by atoms with E-state index in [2.05, 4.69) is 5.32 Å². The molecule has 0 spiro atoms. The minimum atomic E-state index is -1.28. The van der Waals surface area contributed by atoms with Gasteiger partial charge in [0.25, 0.3) is 0 Å². The van der Waals surface area contributed by atoms with E-state index < -0.39 is 24.1 Å². The third kappa shape index (κ3) is 6.01. The van der Waals surface area contributed by atoms with E-state index in [1.807, 2.05) is 30.3 Å². The van der Waals surface area contributed by atoms with Crippen molar-refractivity contribution in [1.29, 1.82) is 0 Å². The number of aliphatic hydroxyl groups excluding tert-OH is 2. The first-order chi connectivity index (χ1) is 12.0. The molecule has 2 unspecified atom stereocenters. The van der Waals surface area contributed by atoms with E-state index in [1.165, 1.54) is 12.1 Å². The van der Waals surface area contributed by atoms with Gasteiger partial charge in [-0.2, -0.15) is 0 Å². The Morgan fingerprint density at radius 3 is 2.60 bits per heavy atom. The zero-order valence-corrected chi connectivity index (χ0v) is 14.1. The van der Waals surface area contributed by atoms with Crippen LogP contribution in [0, 0.1) is 5.82 Å². The summed E-state index contributed by atoms with van der Waals surface area (Å²) in [7, 11) is 0. The third-order valence-corrected chi connectivity index (χ3v) is 3.88. The molecule has 25 heavy (non-hydrogen) atoms. The average Bonchev–Trinajstić information content (AvgIpc) is 2.62. The van der Waals surface area contributed by atoms with Crippen molar-refractivity contribution in [2.45, 2.75) is 25.2 Å². The fraction of sp³-hybridized carbons (Fsp3) is 0.278. The van der Waals surface area contributed by atoms with Gasteiger partial charge in [0.15, 0.2) is 0 Å². The summed E-state index contributed by atoms with van der Waals surface area (Å²) in [5, 5.41) is 22.4. The van der Waals surface area contributed by atoms with Crippen molar-refractivity contribution < 1.29 is 24.1 Å². The van der Waals surface area contributed by atoms with Crippen molar-refractivity contribution in [1.82, 2.24) is 5.32 Å². The maximum atomic E-state index is 13.4. The zero-order chi connectivity index (χ0) is 18.2. The molecule has 3 N–H and O–H groups in total. The molecule has 0 fully saturated rings. The normalized spacial score (nSPS) is 13.1. The highest BCUT2D eigenvalue weighted by atomic mass is 35.5. The van der Waals surface area contributed by atoms with Crippen molar-refractivity contribution in [2.24, 2.45) is 0 Å². The minimum Gasteiger partial charge on any atom is -0.445 e. The Kier molecular flexibility index (Phi) is 7.18. The van der Waals surface area contributed by atoms with Crippen LogP contribution in [0.3, 0.4) is 0 Å². The van der Waals surface area contributed by atoms with E-state index in [0.29, 0.717) is 0 Å². The van der Waals surface area contributed by atoms with Gasteiger partial charge in [0.2, 0.25) is 0 Å². The van der Waals surface area contributed by atoms with Gasteiger partial charge in [-0.05, 0) is 29.7 Å². The van der Waals surface area contributed by atoms with Gasteiger partial charge < -0.3 is 20.3 Å². The van der Waals surface area contributed by atoms with E-state index in [9.17, 15) is 19.4 Å². The predicted octanol–water partition coefficient (Wildman–Crippen LogP) is 3.19. The molecular formula is C18H19ClFNO4. The topological polar surface area (TPSA) is 78.8 Å². The first-order valence-corrected chi connectivity index (χ1v) is 8.11. The molecule has 0 aliphatic heterocycles. The molecule has 0 aliphatic carbocycles. The van der Waals surface area contributed by atoms with Crippen LogP contribution in [0.1, 0.15) is 23.7 Å². The summed E-state index contributed by atoms with van der Waals surface area (Å²) in [4.78, 5) is 11.6. The van der Waals surface area contributed by atoms with Gasteiger partial charge in [0, 0.05) is 6.54 Å². The highest BCUT2D eigenvalue weighted by Crippen LogP contribution is 2.23. The lowest BCUT2D eigenvalue weighted by molar-refractivity contribution is 0.0135. The number of alkyl carbamates (subject to hydrolysis) is 1. The zero-order valence-electron chi connectivity index (χ0n) is 13.4. The van der Waals surface area contributed by atoms with Gasteiger partial charge in [-0.15, -0.1) is 0 Å². The third-order valence-electron chi connectivity index (χ3n) is 3.57. The van der Waals surface area contributed by atoms with Crippen LogP contribution in [0.5, 0.6) is 0 Å². The summed E-state index contributed by atoms with van der Waals surface area (Å²) in [6.07, 6.45) is -3.00. The van der Waals surface area contributed by atoms with Crippen LogP contribution < -0.4 is 5.32 Å². The SMILES string of the molecule is O=C(NCCC(O)C(O)c1ccc(Cl)c(F)c1)OCc1ccccc1. The van der Waals surface area contributed by atoms with Gasteiger partial charge >= 0.3 is 6.09 Å². The van der Waals surface area contributed by atoms with Gasteiger partial charge in [-0.1, -0.05) is 48.0 Å². The van der Waals surface area contributed by atoms with Crippen LogP contribution in [-0.2, 0) is 11.3 Å². The van der Waals surface area contributed by atoms with Crippen molar-refractivity contribution in [2.75, 3.05) is 6.54 Å². The molecule has 0 radical (unpaired) electrons. The number of nitrogens with one attached hydrogen (secondary N) is 1. The molecule has 7 heteroatoms. The number of ether oxygens (including phenoxy) is 1. The number of carbonyl (C=O) groups excluding carboxylic acids is 1. The van der Waals surface area contributed by atoms with Crippen molar-refractivity contribution in [3.05, 3.63) is 70.5 Å². The number of rotatable bonds is 7. The minimum absolute atomic E-state index is 0.0618. The quantitative estimate of drug-likeness (QED) is 0.702. The molecule has 1 amide bonds. The Balaban J connectivity index is 1.72. The molecule has 0 aromatic heterocycles. The smallest absolute Gasteiger partial charge is 0.407 e. The van der Waals surface area contributed by atoms with Crippen molar-refractivity contribution >= 4 is 17.7 Å². The van der Waals surface area contributed by atoms with Gasteiger partial charge in [-0.25, -0.2) is 9.18 Å². The molecule has 0 bridgehead atoms. The number of benzene rings is 2. The molecule has 0 saturated carbocycles. The monoisotopic (exact) mass is 367 g/mol. The van der Waals surface area contributed by atoms with Crippen LogP contribution in [-0.4, -0.2) is 29.0 Å². The lowest BCUT2D eigenvalue weighted by atomic mass is 10.0. The fourth-order valence-electron chi connectivity index (χ4n) is 2.17. The lowest BCUT2D eigenvalue weighted by Crippen LogP contribution is -2.29. The Labute approximate surface area is 150 Å². The van der Waals surface area contributed by atoms with Gasteiger partial charge in [0.1, 0.15) is 18.5 Å². The predicted molar refractivity (Wildman–Crippen MR) is 91.6 cm³/mol. The Morgan fingerprint density at radius 2 is 1.92 bits per heavy atom. The molecular weight excluding hydrogens is 349 g/mol. The van der Waals surface area contributed by atoms with Crippen molar-refractivity contribution in [3.8, 4) is 0 Å². The number of hydrogen-bond acceptors (Lipinski definition) is 4. The lowest BCUT2D eigenvalue weighted by Gasteiger charge is -2.18. The van der Waals surface area contributed by atoms with Crippen LogP contribution >= 0.6 is 11.6 Å². The summed E-state index contributed by atoms with van der Waals surface area (Å²) >= 11 is 5.58. The molecule has 2 aromatic rings. The number of halogens is 2. The molecule has 2 aromatic carbocycles. The molecule has 5 nitrogen and oxygen atoms in total. The maximum Gasteiger partial charge on any atom is 0.407 e. The number of carbonyl (C=O) groups is 1. The number of aliphatic hydroxyl groups is 2. The molecule has 2 atom stereocenters. The molecule has 0 saturated heterocycles. The fourth-order valence-corrected chi connectivity index (χ4v) is 2.29. The summed E-state index contributed by atoms with van der Waals surface area (Å²) in [5.74, 6) is -0.673. The Morgan fingerprint density at radius 1 is 1.20 bits per heavy atom. The summed E-state index contributed by atoms with van der Waals surface area (Å²) in [5.41, 5.74) is 1.07. The number of amides is 1. The van der Waals surface area contributed by atoms with E-state index in [-0.39, 0.29) is 30.2 Å². The van der Waals surface area contributed by atoms with Crippen molar-refractivity contribution in [3.63, 3.8) is 0 Å². The second-order valence-corrected chi connectivity index (χ2v) is 5.87. The van der Waals surface area contributed by atoms with E-state index >= 15 is 0 Å². The summed E-state index contributed by atoms with van der Waals surface area (Å²) < 4.78 is 18.4.